The molecule has 9 heteroatoms. The third-order valence-electron chi connectivity index (χ3n) is 5.11. The molecule has 0 aromatic carbocycles. The van der Waals surface area contributed by atoms with Crippen LogP contribution in [0.25, 0.3) is 0 Å². The number of nitrogens with two attached hydrogens (primary N) is 2. The smallest absolute Gasteiger partial charge is 0.213 e. The van der Waals surface area contributed by atoms with Crippen molar-refractivity contribution in [3.8, 4) is 5.88 Å². The van der Waals surface area contributed by atoms with E-state index in [0.717, 1.165) is 31.4 Å². The first-order valence-corrected chi connectivity index (χ1v) is 10.2. The van der Waals surface area contributed by atoms with Crippen molar-refractivity contribution in [3.63, 3.8) is 0 Å². The van der Waals surface area contributed by atoms with E-state index in [1.807, 2.05) is 18.4 Å². The molecule has 1 unspecified atom stereocenters. The second-order valence-corrected chi connectivity index (χ2v) is 7.19. The number of anilines is 4. The number of methoxy groups -OCH3 is 1. The van der Waals surface area contributed by atoms with Gasteiger partial charge in [0, 0.05) is 18.8 Å². The standard InChI is InChI=1S/C21H30N8O/c1-3-15-7-6-11-24-17(15)8-4-5-12-29(23)21-20(22)26-14-18(28-21)27-16-9-10-19(30-2)25-13-16/h6-7,9-11,13-15,17H,3-5,8,12,23H2,1-2H3,(H2,22,26)(H,27,28)/t15-,17?/m1/s1. The van der Waals surface area contributed by atoms with Crippen molar-refractivity contribution in [1.29, 1.82) is 0 Å². The number of nitrogens with zero attached hydrogens (tertiary/aromatic N) is 5. The minimum atomic E-state index is 0.295. The summed E-state index contributed by atoms with van der Waals surface area (Å²) in [4.78, 5) is 17.5. The Balaban J connectivity index is 1.53. The Kier molecular flexibility index (Phi) is 7.56. The Labute approximate surface area is 177 Å². The van der Waals surface area contributed by atoms with E-state index in [0.29, 0.717) is 41.8 Å². The van der Waals surface area contributed by atoms with Crippen molar-refractivity contribution in [2.45, 2.75) is 38.6 Å². The number of ether oxygens (including phenoxy) is 1. The van der Waals surface area contributed by atoms with E-state index >= 15 is 0 Å². The van der Waals surface area contributed by atoms with Crippen LogP contribution in [0, 0.1) is 5.92 Å². The van der Waals surface area contributed by atoms with Gasteiger partial charge in [-0.15, -0.1) is 0 Å². The molecule has 1 aliphatic heterocycles. The SMILES string of the molecule is CC[C@@H]1C=CC=NC1CCCCN(N)c1nc(Nc2ccc(OC)nc2)cnc1N. The molecule has 160 valence electrons. The third-order valence-corrected chi connectivity index (χ3v) is 5.11. The summed E-state index contributed by atoms with van der Waals surface area (Å²) >= 11 is 0. The number of hydrogen-bond donors (Lipinski definition) is 3. The highest BCUT2D eigenvalue weighted by atomic mass is 16.5. The molecule has 2 aromatic heterocycles. The van der Waals surface area contributed by atoms with E-state index < -0.39 is 0 Å². The van der Waals surface area contributed by atoms with Gasteiger partial charge in [0.1, 0.15) is 0 Å². The largest absolute Gasteiger partial charge is 0.481 e. The lowest BCUT2D eigenvalue weighted by molar-refractivity contribution is 0.398. The summed E-state index contributed by atoms with van der Waals surface area (Å²) in [5.41, 5.74) is 6.76. The van der Waals surface area contributed by atoms with E-state index in [1.54, 1.807) is 30.6 Å². The minimum absolute atomic E-state index is 0.295. The number of dihydropyridines is 1. The van der Waals surface area contributed by atoms with E-state index in [1.165, 1.54) is 0 Å². The number of nitrogen functional groups attached to an aromatic ring is 1. The number of aromatic nitrogens is 3. The lowest BCUT2D eigenvalue weighted by Gasteiger charge is -2.23. The molecule has 1 aliphatic rings. The van der Waals surface area contributed by atoms with E-state index in [9.17, 15) is 0 Å². The van der Waals surface area contributed by atoms with Gasteiger partial charge in [-0.1, -0.05) is 13.0 Å². The van der Waals surface area contributed by atoms with Crippen LogP contribution in [0.1, 0.15) is 32.6 Å². The Morgan fingerprint density at radius 3 is 2.80 bits per heavy atom. The number of pyridine rings is 1. The van der Waals surface area contributed by atoms with Crippen LogP contribution in [0.5, 0.6) is 5.88 Å². The Morgan fingerprint density at radius 2 is 2.07 bits per heavy atom. The fourth-order valence-electron chi connectivity index (χ4n) is 3.41. The number of hydrogen-bond acceptors (Lipinski definition) is 9. The molecule has 30 heavy (non-hydrogen) atoms. The zero-order chi connectivity index (χ0) is 21.3. The number of rotatable bonds is 10. The monoisotopic (exact) mass is 410 g/mol. The number of allylic oxidation sites excluding steroid dienone is 1. The summed E-state index contributed by atoms with van der Waals surface area (Å²) in [5.74, 6) is 8.57. The van der Waals surface area contributed by atoms with Crippen LogP contribution in [0.3, 0.4) is 0 Å². The Bertz CT molecular complexity index is 868. The van der Waals surface area contributed by atoms with Crippen molar-refractivity contribution < 1.29 is 4.74 Å². The zero-order valence-electron chi connectivity index (χ0n) is 17.5. The minimum Gasteiger partial charge on any atom is -0.481 e. The summed E-state index contributed by atoms with van der Waals surface area (Å²) in [7, 11) is 1.57. The van der Waals surface area contributed by atoms with Gasteiger partial charge in [0.25, 0.3) is 0 Å². The van der Waals surface area contributed by atoms with Gasteiger partial charge < -0.3 is 15.8 Å². The summed E-state index contributed by atoms with van der Waals surface area (Å²) < 4.78 is 5.07. The topological polar surface area (TPSA) is 128 Å². The molecule has 0 bridgehead atoms. The molecule has 9 nitrogen and oxygen atoms in total. The van der Waals surface area contributed by atoms with Crippen molar-refractivity contribution in [2.75, 3.05) is 29.7 Å². The van der Waals surface area contributed by atoms with Crippen LogP contribution >= 0.6 is 0 Å². The first-order valence-electron chi connectivity index (χ1n) is 10.2. The zero-order valence-corrected chi connectivity index (χ0v) is 17.5. The number of aliphatic imine (C=N–C) groups is 1. The molecule has 0 saturated heterocycles. The summed E-state index contributed by atoms with van der Waals surface area (Å²) in [5, 5.41) is 4.70. The first-order chi connectivity index (χ1) is 14.6. The van der Waals surface area contributed by atoms with Crippen LogP contribution in [0.4, 0.5) is 23.1 Å². The summed E-state index contributed by atoms with van der Waals surface area (Å²) in [6, 6.07) is 3.97. The normalized spacial score (nSPS) is 17.7. The number of hydrazine groups is 1. The fourth-order valence-corrected chi connectivity index (χ4v) is 3.41. The molecular formula is C21H30N8O. The van der Waals surface area contributed by atoms with Gasteiger partial charge in [-0.2, -0.15) is 0 Å². The van der Waals surface area contributed by atoms with Gasteiger partial charge >= 0.3 is 0 Å². The first kappa shape index (κ1) is 21.5. The molecule has 3 heterocycles. The van der Waals surface area contributed by atoms with Crippen molar-refractivity contribution in [2.24, 2.45) is 16.8 Å². The fraction of sp³-hybridized carbons (Fsp3) is 0.429. The van der Waals surface area contributed by atoms with Gasteiger partial charge in [0.2, 0.25) is 5.88 Å². The Morgan fingerprint density at radius 1 is 1.20 bits per heavy atom. The van der Waals surface area contributed by atoms with Gasteiger partial charge in [-0.3, -0.25) is 10.0 Å². The van der Waals surface area contributed by atoms with Crippen LogP contribution < -0.4 is 26.6 Å². The maximum absolute atomic E-state index is 6.22. The van der Waals surface area contributed by atoms with Crippen LogP contribution in [0.15, 0.2) is 41.7 Å². The summed E-state index contributed by atoms with van der Waals surface area (Å²) in [6.07, 6.45) is 13.5. The molecule has 0 fully saturated rings. The van der Waals surface area contributed by atoms with E-state index in [2.05, 4.69) is 38.3 Å². The number of nitrogens with one attached hydrogen (secondary N) is 1. The molecule has 3 rings (SSSR count). The van der Waals surface area contributed by atoms with Crippen molar-refractivity contribution >= 4 is 29.4 Å². The third kappa shape index (κ3) is 5.66. The highest BCUT2D eigenvalue weighted by Gasteiger charge is 2.18. The van der Waals surface area contributed by atoms with Gasteiger partial charge in [-0.05, 0) is 43.7 Å². The highest BCUT2D eigenvalue weighted by Crippen LogP contribution is 2.23. The molecular weight excluding hydrogens is 380 g/mol. The lowest BCUT2D eigenvalue weighted by atomic mass is 9.91. The average molecular weight is 411 g/mol. The van der Waals surface area contributed by atoms with E-state index in [4.69, 9.17) is 16.3 Å². The molecule has 2 aromatic rings. The molecule has 2 atom stereocenters. The van der Waals surface area contributed by atoms with Gasteiger partial charge in [0.15, 0.2) is 17.5 Å². The summed E-state index contributed by atoms with van der Waals surface area (Å²) in [6.45, 7) is 2.84. The van der Waals surface area contributed by atoms with Crippen molar-refractivity contribution in [3.05, 3.63) is 36.7 Å². The average Bonchev–Trinajstić information content (AvgIpc) is 2.78. The van der Waals surface area contributed by atoms with Gasteiger partial charge in [-0.25, -0.2) is 20.8 Å². The predicted octanol–water partition coefficient (Wildman–Crippen LogP) is 3.09. The lowest BCUT2D eigenvalue weighted by Crippen LogP contribution is -2.34. The van der Waals surface area contributed by atoms with Crippen LogP contribution in [0.2, 0.25) is 0 Å². The molecule has 0 radical (unpaired) electrons. The molecule has 0 saturated carbocycles. The predicted molar refractivity (Wildman–Crippen MR) is 121 cm³/mol. The van der Waals surface area contributed by atoms with Crippen molar-refractivity contribution in [1.82, 2.24) is 15.0 Å². The Hall–Kier alpha value is -3.20. The molecule has 0 amide bonds. The molecule has 0 aliphatic carbocycles. The van der Waals surface area contributed by atoms with Crippen LogP contribution in [-0.2, 0) is 0 Å². The maximum atomic E-state index is 6.22. The highest BCUT2D eigenvalue weighted by molar-refractivity contribution is 5.72. The molecule has 0 spiro atoms. The van der Waals surface area contributed by atoms with Gasteiger partial charge in [0.05, 0.1) is 31.2 Å². The second-order valence-electron chi connectivity index (χ2n) is 7.19. The quantitative estimate of drug-likeness (QED) is 0.310. The molecule has 5 N–H and O–H groups in total. The number of unbranched alkanes of at least 4 members (excludes halogenated alkanes) is 1. The van der Waals surface area contributed by atoms with Crippen LogP contribution in [-0.4, -0.2) is 40.9 Å². The van der Waals surface area contributed by atoms with E-state index in [-0.39, 0.29) is 0 Å². The second kappa shape index (κ2) is 10.5. The maximum Gasteiger partial charge on any atom is 0.213 e.